The molecule has 0 saturated carbocycles. The van der Waals surface area contributed by atoms with Crippen molar-refractivity contribution >= 4 is 17.9 Å². The maximum Gasteiger partial charge on any atom is 0.410 e. The van der Waals surface area contributed by atoms with E-state index in [9.17, 15) is 9.59 Å². The number of nitrogens with one attached hydrogen (secondary N) is 1. The van der Waals surface area contributed by atoms with Gasteiger partial charge in [-0.05, 0) is 27.7 Å². The van der Waals surface area contributed by atoms with Crippen LogP contribution in [-0.2, 0) is 4.74 Å². The fraction of sp³-hybridized carbons (Fsp3) is 0.643. The molecule has 1 aliphatic heterocycles. The van der Waals surface area contributed by atoms with E-state index in [4.69, 9.17) is 9.26 Å². The molecule has 0 aliphatic carbocycles. The van der Waals surface area contributed by atoms with Gasteiger partial charge < -0.3 is 19.1 Å². The van der Waals surface area contributed by atoms with Crippen LogP contribution in [-0.4, -0.2) is 58.9 Å². The van der Waals surface area contributed by atoms with Crippen LogP contribution in [0.5, 0.6) is 0 Å². The Hall–Kier alpha value is -2.25. The number of aryl methyl sites for hydroxylation is 1. The second-order valence-corrected chi connectivity index (χ2v) is 6.21. The number of carbonyl (C=O) groups is 2. The predicted octanol–water partition coefficient (Wildman–Crippen LogP) is 2.07. The van der Waals surface area contributed by atoms with Crippen LogP contribution >= 0.6 is 0 Å². The second kappa shape index (κ2) is 6.25. The lowest BCUT2D eigenvalue weighted by molar-refractivity contribution is 0.0174. The van der Waals surface area contributed by atoms with Crippen LogP contribution in [0.1, 0.15) is 26.5 Å². The smallest absolute Gasteiger partial charge is 0.410 e. The van der Waals surface area contributed by atoms with E-state index in [0.717, 1.165) is 0 Å². The van der Waals surface area contributed by atoms with Crippen molar-refractivity contribution in [1.29, 1.82) is 0 Å². The summed E-state index contributed by atoms with van der Waals surface area (Å²) in [6.07, 6.45) is -0.348. The van der Waals surface area contributed by atoms with Gasteiger partial charge in [-0.1, -0.05) is 5.16 Å². The Morgan fingerprint density at radius 1 is 1.23 bits per heavy atom. The van der Waals surface area contributed by atoms with Crippen molar-refractivity contribution in [3.05, 3.63) is 11.8 Å². The zero-order valence-electron chi connectivity index (χ0n) is 13.4. The lowest BCUT2D eigenvalue weighted by atomic mass is 10.2. The minimum Gasteiger partial charge on any atom is -0.444 e. The van der Waals surface area contributed by atoms with Crippen molar-refractivity contribution < 1.29 is 18.8 Å². The van der Waals surface area contributed by atoms with E-state index in [0.29, 0.717) is 37.8 Å². The van der Waals surface area contributed by atoms with Gasteiger partial charge in [0.25, 0.3) is 0 Å². The maximum atomic E-state index is 12.1. The number of nitrogens with zero attached hydrogens (tertiary/aromatic N) is 3. The number of carbonyl (C=O) groups excluding carboxylic acids is 2. The first kappa shape index (κ1) is 16.1. The van der Waals surface area contributed by atoms with Crippen molar-refractivity contribution in [2.24, 2.45) is 0 Å². The van der Waals surface area contributed by atoms with Gasteiger partial charge in [-0.15, -0.1) is 0 Å². The molecule has 0 radical (unpaired) electrons. The van der Waals surface area contributed by atoms with Crippen molar-refractivity contribution in [3.8, 4) is 0 Å². The largest absolute Gasteiger partial charge is 0.444 e. The summed E-state index contributed by atoms with van der Waals surface area (Å²) in [7, 11) is 0. The highest BCUT2D eigenvalue weighted by molar-refractivity contribution is 5.88. The summed E-state index contributed by atoms with van der Waals surface area (Å²) in [5.41, 5.74) is -0.517. The summed E-state index contributed by atoms with van der Waals surface area (Å²) in [6, 6.07) is 1.40. The summed E-state index contributed by atoms with van der Waals surface area (Å²) in [6.45, 7) is 9.02. The van der Waals surface area contributed by atoms with E-state index in [1.807, 2.05) is 20.8 Å². The van der Waals surface area contributed by atoms with Crippen LogP contribution in [0.4, 0.5) is 15.4 Å². The predicted molar refractivity (Wildman–Crippen MR) is 79.6 cm³/mol. The highest BCUT2D eigenvalue weighted by Gasteiger charge is 2.27. The van der Waals surface area contributed by atoms with Crippen LogP contribution in [0, 0.1) is 6.92 Å². The molecule has 3 amide bonds. The van der Waals surface area contributed by atoms with Crippen molar-refractivity contribution in [3.63, 3.8) is 0 Å². The zero-order valence-corrected chi connectivity index (χ0v) is 13.4. The fourth-order valence-electron chi connectivity index (χ4n) is 2.03. The topological polar surface area (TPSA) is 87.9 Å². The Morgan fingerprint density at radius 2 is 1.82 bits per heavy atom. The van der Waals surface area contributed by atoms with Crippen molar-refractivity contribution in [2.75, 3.05) is 31.5 Å². The molecule has 0 spiro atoms. The number of aromatic nitrogens is 1. The van der Waals surface area contributed by atoms with E-state index >= 15 is 0 Å². The fourth-order valence-corrected chi connectivity index (χ4v) is 2.03. The molecule has 2 heterocycles. The van der Waals surface area contributed by atoms with Gasteiger partial charge in [0.1, 0.15) is 11.4 Å². The van der Waals surface area contributed by atoms with Gasteiger partial charge in [0.2, 0.25) is 0 Å². The Kier molecular flexibility index (Phi) is 4.58. The van der Waals surface area contributed by atoms with Crippen molar-refractivity contribution in [1.82, 2.24) is 15.0 Å². The molecule has 1 aromatic rings. The summed E-state index contributed by atoms with van der Waals surface area (Å²) in [4.78, 5) is 27.3. The molecule has 0 aromatic carbocycles. The Morgan fingerprint density at radius 3 is 2.32 bits per heavy atom. The second-order valence-electron chi connectivity index (χ2n) is 6.21. The van der Waals surface area contributed by atoms with E-state index in [1.165, 1.54) is 0 Å². The van der Waals surface area contributed by atoms with E-state index < -0.39 is 5.60 Å². The molecule has 0 atom stereocenters. The molecule has 122 valence electrons. The molecule has 0 unspecified atom stereocenters. The molecule has 1 N–H and O–H groups in total. The standard InChI is InChI=1S/C14H22N4O4/c1-10-9-11(16-22-10)15-12(19)17-5-7-18(8-6-17)13(20)21-14(2,3)4/h9H,5-8H2,1-4H3,(H,15,16,19). The third kappa shape index (κ3) is 4.37. The van der Waals surface area contributed by atoms with Gasteiger partial charge in [0, 0.05) is 32.2 Å². The molecule has 1 fully saturated rings. The van der Waals surface area contributed by atoms with Crippen LogP contribution in [0.15, 0.2) is 10.6 Å². The molecule has 8 nitrogen and oxygen atoms in total. The average Bonchev–Trinajstić information content (AvgIpc) is 2.82. The Labute approximate surface area is 129 Å². The molecule has 1 aromatic heterocycles. The van der Waals surface area contributed by atoms with Crippen LogP contribution < -0.4 is 5.32 Å². The van der Waals surface area contributed by atoms with E-state index in [1.54, 1.807) is 22.8 Å². The molecular weight excluding hydrogens is 288 g/mol. The lowest BCUT2D eigenvalue weighted by Gasteiger charge is -2.35. The molecule has 1 aliphatic rings. The van der Waals surface area contributed by atoms with E-state index in [2.05, 4.69) is 10.5 Å². The quantitative estimate of drug-likeness (QED) is 0.858. The molecule has 0 bridgehead atoms. The first-order valence-electron chi connectivity index (χ1n) is 7.22. The van der Waals surface area contributed by atoms with Gasteiger partial charge in [-0.25, -0.2) is 9.59 Å². The number of amides is 3. The first-order valence-corrected chi connectivity index (χ1v) is 7.22. The van der Waals surface area contributed by atoms with Gasteiger partial charge in [-0.2, -0.15) is 0 Å². The van der Waals surface area contributed by atoms with Crippen LogP contribution in [0.25, 0.3) is 0 Å². The third-order valence-electron chi connectivity index (χ3n) is 3.08. The van der Waals surface area contributed by atoms with Gasteiger partial charge in [0.05, 0.1) is 0 Å². The summed E-state index contributed by atoms with van der Waals surface area (Å²) in [5.74, 6) is 1.02. The van der Waals surface area contributed by atoms with Gasteiger partial charge >= 0.3 is 12.1 Å². The number of anilines is 1. The molecular formula is C14H22N4O4. The minimum atomic E-state index is -0.517. The highest BCUT2D eigenvalue weighted by Crippen LogP contribution is 2.13. The SMILES string of the molecule is Cc1cc(NC(=O)N2CCN(C(=O)OC(C)(C)C)CC2)no1. The highest BCUT2D eigenvalue weighted by atomic mass is 16.6. The van der Waals surface area contributed by atoms with Crippen LogP contribution in [0.3, 0.4) is 0 Å². The van der Waals surface area contributed by atoms with Gasteiger partial charge in [-0.3, -0.25) is 5.32 Å². The number of piperazine rings is 1. The first-order chi connectivity index (χ1) is 10.2. The number of urea groups is 1. The number of rotatable bonds is 1. The van der Waals surface area contributed by atoms with Gasteiger partial charge in [0.15, 0.2) is 5.82 Å². The summed E-state index contributed by atoms with van der Waals surface area (Å²) < 4.78 is 10.2. The Balaban J connectivity index is 1.81. The summed E-state index contributed by atoms with van der Waals surface area (Å²) in [5, 5.41) is 6.38. The zero-order chi connectivity index (χ0) is 16.3. The minimum absolute atomic E-state index is 0.253. The number of ether oxygens (including phenoxy) is 1. The molecule has 1 saturated heterocycles. The van der Waals surface area contributed by atoms with Crippen molar-refractivity contribution in [2.45, 2.75) is 33.3 Å². The molecule has 2 rings (SSSR count). The van der Waals surface area contributed by atoms with E-state index in [-0.39, 0.29) is 12.1 Å². The maximum absolute atomic E-state index is 12.1. The monoisotopic (exact) mass is 310 g/mol. The molecule has 8 heteroatoms. The third-order valence-corrected chi connectivity index (χ3v) is 3.08. The summed E-state index contributed by atoms with van der Waals surface area (Å²) >= 11 is 0. The van der Waals surface area contributed by atoms with Crippen LogP contribution in [0.2, 0.25) is 0 Å². The lowest BCUT2D eigenvalue weighted by Crippen LogP contribution is -2.52. The Bertz CT molecular complexity index is 541. The average molecular weight is 310 g/mol. The molecule has 22 heavy (non-hydrogen) atoms. The normalized spacial score (nSPS) is 15.6. The number of hydrogen-bond donors (Lipinski definition) is 1. The number of hydrogen-bond acceptors (Lipinski definition) is 5.